The van der Waals surface area contributed by atoms with Gasteiger partial charge in [0.05, 0.1) is 18.4 Å². The predicted molar refractivity (Wildman–Crippen MR) is 104 cm³/mol. The Bertz CT molecular complexity index is 772. The highest BCUT2D eigenvalue weighted by atomic mass is 16.5. The van der Waals surface area contributed by atoms with Gasteiger partial charge >= 0.3 is 6.03 Å². The third-order valence-electron chi connectivity index (χ3n) is 5.89. The van der Waals surface area contributed by atoms with Gasteiger partial charge in [-0.25, -0.2) is 4.79 Å². The minimum Gasteiger partial charge on any atom is -0.494 e. The molecule has 1 saturated heterocycles. The largest absolute Gasteiger partial charge is 0.494 e. The lowest BCUT2D eigenvalue weighted by atomic mass is 9.63. The van der Waals surface area contributed by atoms with Gasteiger partial charge in [-0.3, -0.25) is 14.5 Å². The fraction of sp³-hybridized carbons (Fsp3) is 0.476. The van der Waals surface area contributed by atoms with Crippen LogP contribution in [0.5, 0.6) is 5.75 Å². The molecule has 148 valence electrons. The van der Waals surface area contributed by atoms with Gasteiger partial charge in [-0.1, -0.05) is 12.2 Å². The van der Waals surface area contributed by atoms with Crippen LogP contribution in [0.2, 0.25) is 0 Å². The van der Waals surface area contributed by atoms with Crippen molar-refractivity contribution in [1.82, 2.24) is 10.2 Å². The van der Waals surface area contributed by atoms with Crippen LogP contribution in [-0.4, -0.2) is 42.4 Å². The number of urea groups is 1. The zero-order chi connectivity index (χ0) is 19.7. The Morgan fingerprint density at radius 2 is 1.68 bits per heavy atom. The number of anilines is 1. The summed E-state index contributed by atoms with van der Waals surface area (Å²) in [6.45, 7) is 2.93. The maximum atomic E-state index is 12.7. The molecule has 7 heteroatoms. The van der Waals surface area contributed by atoms with Crippen LogP contribution in [-0.2, 0) is 9.59 Å². The Hall–Kier alpha value is -2.83. The molecular formula is C21H25N3O4. The van der Waals surface area contributed by atoms with Crippen LogP contribution in [0, 0.1) is 23.7 Å². The van der Waals surface area contributed by atoms with E-state index in [1.54, 1.807) is 24.3 Å². The number of hydrogen-bond donors (Lipinski definition) is 2. The van der Waals surface area contributed by atoms with Crippen molar-refractivity contribution in [2.45, 2.75) is 19.8 Å². The number of nitrogens with one attached hydrogen (secondary N) is 2. The molecule has 4 amide bonds. The second-order valence-corrected chi connectivity index (χ2v) is 7.51. The molecule has 1 aliphatic heterocycles. The van der Waals surface area contributed by atoms with Crippen molar-refractivity contribution >= 4 is 23.5 Å². The van der Waals surface area contributed by atoms with Crippen molar-refractivity contribution in [3.63, 3.8) is 0 Å². The number of carbonyl (C=O) groups excluding carboxylic acids is 3. The van der Waals surface area contributed by atoms with E-state index in [1.165, 1.54) is 4.90 Å². The minimum absolute atomic E-state index is 0.0808. The Morgan fingerprint density at radius 3 is 2.21 bits per heavy atom. The molecule has 1 aromatic rings. The Kier molecular flexibility index (Phi) is 5.07. The van der Waals surface area contributed by atoms with Crippen LogP contribution in [0.1, 0.15) is 19.8 Å². The lowest BCUT2D eigenvalue weighted by molar-refractivity contribution is -0.140. The smallest absolute Gasteiger partial charge is 0.319 e. The van der Waals surface area contributed by atoms with Crippen molar-refractivity contribution in [1.29, 1.82) is 0 Å². The van der Waals surface area contributed by atoms with E-state index in [4.69, 9.17) is 4.74 Å². The summed E-state index contributed by atoms with van der Waals surface area (Å²) in [5.41, 5.74) is 0.642. The highest BCUT2D eigenvalue weighted by molar-refractivity contribution is 6.06. The second kappa shape index (κ2) is 7.66. The molecule has 28 heavy (non-hydrogen) atoms. The first-order chi connectivity index (χ1) is 13.6. The first kappa shape index (κ1) is 18.5. The van der Waals surface area contributed by atoms with Gasteiger partial charge in [0, 0.05) is 18.8 Å². The Balaban J connectivity index is 1.27. The van der Waals surface area contributed by atoms with Crippen LogP contribution in [0.4, 0.5) is 10.5 Å². The van der Waals surface area contributed by atoms with E-state index in [2.05, 4.69) is 22.8 Å². The molecule has 7 nitrogen and oxygen atoms in total. The highest BCUT2D eigenvalue weighted by Crippen LogP contribution is 2.49. The van der Waals surface area contributed by atoms with E-state index in [0.29, 0.717) is 12.3 Å². The molecule has 1 saturated carbocycles. The van der Waals surface area contributed by atoms with Crippen LogP contribution in [0.15, 0.2) is 36.4 Å². The van der Waals surface area contributed by atoms with Crippen molar-refractivity contribution in [2.24, 2.45) is 23.7 Å². The molecule has 1 heterocycles. The van der Waals surface area contributed by atoms with Gasteiger partial charge in [-0.05, 0) is 55.9 Å². The summed E-state index contributed by atoms with van der Waals surface area (Å²) < 4.78 is 5.37. The molecule has 2 fully saturated rings. The molecule has 2 bridgehead atoms. The molecule has 4 atom stereocenters. The first-order valence-electron chi connectivity index (χ1n) is 9.89. The number of fused-ring (bicyclic) bond motifs is 1. The van der Waals surface area contributed by atoms with Gasteiger partial charge in [0.2, 0.25) is 11.8 Å². The summed E-state index contributed by atoms with van der Waals surface area (Å²) in [6.07, 6.45) is 6.18. The Morgan fingerprint density at radius 1 is 1.07 bits per heavy atom. The van der Waals surface area contributed by atoms with Gasteiger partial charge in [-0.2, -0.15) is 0 Å². The Labute approximate surface area is 164 Å². The van der Waals surface area contributed by atoms with Crippen LogP contribution < -0.4 is 15.4 Å². The standard InChI is InChI=1S/C21H25N3O4/c1-2-28-16-9-7-15(8-10-16)23-21(27)22-11-12-24-19(25)17-13-3-4-14(6-5-13)18(17)20(24)26/h3-4,7-10,13-14,17-18H,2,5-6,11-12H2,1H3,(H2,22,23,27)/t13-,14-,17-,18+/m0/s1. The van der Waals surface area contributed by atoms with E-state index >= 15 is 0 Å². The van der Waals surface area contributed by atoms with Gasteiger partial charge < -0.3 is 15.4 Å². The monoisotopic (exact) mass is 383 g/mol. The van der Waals surface area contributed by atoms with Crippen molar-refractivity contribution in [3.8, 4) is 5.75 Å². The van der Waals surface area contributed by atoms with Crippen LogP contribution >= 0.6 is 0 Å². The van der Waals surface area contributed by atoms with Crippen molar-refractivity contribution in [3.05, 3.63) is 36.4 Å². The normalized spacial score (nSPS) is 27.7. The third-order valence-corrected chi connectivity index (χ3v) is 5.89. The summed E-state index contributed by atoms with van der Waals surface area (Å²) >= 11 is 0. The number of likely N-dealkylation sites (tertiary alicyclic amines) is 1. The van der Waals surface area contributed by atoms with Gasteiger partial charge in [-0.15, -0.1) is 0 Å². The van der Waals surface area contributed by atoms with Crippen LogP contribution in [0.3, 0.4) is 0 Å². The number of allylic oxidation sites excluding steroid dienone is 2. The molecule has 0 aromatic heterocycles. The zero-order valence-corrected chi connectivity index (χ0v) is 15.9. The van der Waals surface area contributed by atoms with E-state index < -0.39 is 0 Å². The third kappa shape index (κ3) is 3.37. The lowest BCUT2D eigenvalue weighted by Gasteiger charge is -2.38. The predicted octanol–water partition coefficient (Wildman–Crippen LogP) is 2.40. The average molecular weight is 383 g/mol. The number of benzene rings is 1. The van der Waals surface area contributed by atoms with E-state index in [0.717, 1.165) is 18.6 Å². The fourth-order valence-electron chi connectivity index (χ4n) is 4.61. The SMILES string of the molecule is CCOc1ccc(NC(=O)NCCN2C(=O)[C@@H]3[C@H](C2=O)[C@H]2C=C[C@H]3CC2)cc1. The van der Waals surface area contributed by atoms with Crippen LogP contribution in [0.25, 0.3) is 0 Å². The quantitative estimate of drug-likeness (QED) is 0.583. The van der Waals surface area contributed by atoms with Gasteiger partial charge in [0.1, 0.15) is 5.75 Å². The summed E-state index contributed by atoms with van der Waals surface area (Å²) in [4.78, 5) is 38.9. The topological polar surface area (TPSA) is 87.7 Å². The number of hydrogen-bond acceptors (Lipinski definition) is 4. The first-order valence-corrected chi connectivity index (χ1v) is 9.89. The summed E-state index contributed by atoms with van der Waals surface area (Å²) in [7, 11) is 0. The molecule has 4 aliphatic rings. The zero-order valence-electron chi connectivity index (χ0n) is 15.9. The molecule has 0 radical (unpaired) electrons. The molecular weight excluding hydrogens is 358 g/mol. The number of rotatable bonds is 6. The summed E-state index contributed by atoms with van der Waals surface area (Å²) in [5.74, 6) is 0.553. The number of amides is 4. The molecule has 0 unspecified atom stereocenters. The highest BCUT2D eigenvalue weighted by Gasteiger charge is 2.56. The van der Waals surface area contributed by atoms with E-state index in [1.807, 2.05) is 6.92 Å². The molecule has 5 rings (SSSR count). The minimum atomic E-state index is -0.373. The molecule has 1 aromatic carbocycles. The molecule has 0 spiro atoms. The van der Waals surface area contributed by atoms with Gasteiger partial charge in [0.15, 0.2) is 0 Å². The number of ether oxygens (including phenoxy) is 1. The summed E-state index contributed by atoms with van der Waals surface area (Å²) in [6, 6.07) is 6.70. The maximum absolute atomic E-state index is 12.7. The number of carbonyl (C=O) groups is 3. The molecule has 2 N–H and O–H groups in total. The van der Waals surface area contributed by atoms with Gasteiger partial charge in [0.25, 0.3) is 0 Å². The molecule has 3 aliphatic carbocycles. The maximum Gasteiger partial charge on any atom is 0.319 e. The second-order valence-electron chi connectivity index (χ2n) is 7.51. The number of nitrogens with zero attached hydrogens (tertiary/aromatic N) is 1. The van der Waals surface area contributed by atoms with Crippen molar-refractivity contribution < 1.29 is 19.1 Å². The van der Waals surface area contributed by atoms with Crippen molar-refractivity contribution in [2.75, 3.05) is 25.0 Å². The average Bonchev–Trinajstić information content (AvgIpc) is 2.98. The van der Waals surface area contributed by atoms with E-state index in [9.17, 15) is 14.4 Å². The fourth-order valence-corrected chi connectivity index (χ4v) is 4.61. The lowest BCUT2D eigenvalue weighted by Crippen LogP contribution is -2.40. The number of imide groups is 1. The van der Waals surface area contributed by atoms with E-state index in [-0.39, 0.29) is 54.6 Å². The summed E-state index contributed by atoms with van der Waals surface area (Å²) in [5, 5.41) is 5.44.